The fourth-order valence-corrected chi connectivity index (χ4v) is 2.82. The summed E-state index contributed by atoms with van der Waals surface area (Å²) in [6.07, 6.45) is 2.22. The van der Waals surface area contributed by atoms with Gasteiger partial charge in [-0.25, -0.2) is 0 Å². The lowest BCUT2D eigenvalue weighted by molar-refractivity contribution is 0.342. The van der Waals surface area contributed by atoms with E-state index in [4.69, 9.17) is 21.1 Å². The number of nitrogens with one attached hydrogen (secondary N) is 1. The molecule has 0 bridgehead atoms. The zero-order valence-electron chi connectivity index (χ0n) is 11.2. The third kappa shape index (κ3) is 2.43. The van der Waals surface area contributed by atoms with Crippen LogP contribution in [0.25, 0.3) is 0 Å². The van der Waals surface area contributed by atoms with Crippen LogP contribution >= 0.6 is 11.6 Å². The summed E-state index contributed by atoms with van der Waals surface area (Å²) in [7, 11) is 3.35. The molecule has 1 aliphatic rings. The molecule has 0 spiro atoms. The molecule has 1 N–H and O–H groups in total. The fourth-order valence-electron chi connectivity index (χ4n) is 2.61. The Labute approximate surface area is 113 Å². The standard InChI is InChI=1S/C14H20ClNO2/c1-9-12(15)8-11(10-4-6-16-7-5-10)14(18-3)13(9)17-2/h8,10,16H,4-7H2,1-3H3. The second-order valence-corrected chi connectivity index (χ2v) is 5.07. The molecule has 0 atom stereocenters. The van der Waals surface area contributed by atoms with Crippen molar-refractivity contribution in [2.45, 2.75) is 25.7 Å². The molecular formula is C14H20ClNO2. The molecule has 1 aromatic rings. The lowest BCUT2D eigenvalue weighted by atomic mass is 9.88. The molecule has 1 aromatic carbocycles. The Morgan fingerprint density at radius 1 is 1.17 bits per heavy atom. The first-order valence-electron chi connectivity index (χ1n) is 6.30. The van der Waals surface area contributed by atoms with Crippen LogP contribution < -0.4 is 14.8 Å². The Kier molecular flexibility index (Phi) is 4.36. The van der Waals surface area contributed by atoms with Gasteiger partial charge >= 0.3 is 0 Å². The zero-order valence-corrected chi connectivity index (χ0v) is 11.9. The summed E-state index contributed by atoms with van der Waals surface area (Å²) in [4.78, 5) is 0. The van der Waals surface area contributed by atoms with E-state index in [0.717, 1.165) is 48.0 Å². The van der Waals surface area contributed by atoms with E-state index in [-0.39, 0.29) is 0 Å². The van der Waals surface area contributed by atoms with Crippen molar-refractivity contribution < 1.29 is 9.47 Å². The van der Waals surface area contributed by atoms with Gasteiger partial charge in [-0.3, -0.25) is 0 Å². The van der Waals surface area contributed by atoms with Crippen LogP contribution in [-0.2, 0) is 0 Å². The van der Waals surface area contributed by atoms with Gasteiger partial charge in [0.15, 0.2) is 11.5 Å². The lowest BCUT2D eigenvalue weighted by Gasteiger charge is -2.26. The van der Waals surface area contributed by atoms with E-state index in [1.165, 1.54) is 5.56 Å². The molecule has 18 heavy (non-hydrogen) atoms. The van der Waals surface area contributed by atoms with E-state index in [1.807, 2.05) is 13.0 Å². The van der Waals surface area contributed by atoms with Crippen molar-refractivity contribution >= 4 is 11.6 Å². The highest BCUT2D eigenvalue weighted by atomic mass is 35.5. The number of ether oxygens (including phenoxy) is 2. The van der Waals surface area contributed by atoms with E-state index >= 15 is 0 Å². The minimum Gasteiger partial charge on any atom is -0.493 e. The van der Waals surface area contributed by atoms with Gasteiger partial charge in [-0.1, -0.05) is 11.6 Å². The summed E-state index contributed by atoms with van der Waals surface area (Å²) in [6, 6.07) is 2.04. The van der Waals surface area contributed by atoms with Crippen LogP contribution in [-0.4, -0.2) is 27.3 Å². The van der Waals surface area contributed by atoms with Crippen molar-refractivity contribution in [1.29, 1.82) is 0 Å². The van der Waals surface area contributed by atoms with Gasteiger partial charge in [-0.05, 0) is 44.8 Å². The Morgan fingerprint density at radius 2 is 1.78 bits per heavy atom. The summed E-state index contributed by atoms with van der Waals surface area (Å²) < 4.78 is 11.0. The van der Waals surface area contributed by atoms with Gasteiger partial charge in [-0.2, -0.15) is 0 Å². The Balaban J connectivity index is 2.47. The van der Waals surface area contributed by atoms with Crippen LogP contribution in [0, 0.1) is 6.92 Å². The minimum atomic E-state index is 0.494. The molecule has 0 aliphatic carbocycles. The molecule has 1 fully saturated rings. The van der Waals surface area contributed by atoms with Crippen molar-refractivity contribution in [3.05, 3.63) is 22.2 Å². The van der Waals surface area contributed by atoms with Crippen LogP contribution in [0.5, 0.6) is 11.5 Å². The molecule has 0 saturated carbocycles. The Bertz CT molecular complexity index is 428. The van der Waals surface area contributed by atoms with Gasteiger partial charge in [-0.15, -0.1) is 0 Å². The number of benzene rings is 1. The van der Waals surface area contributed by atoms with E-state index in [0.29, 0.717) is 5.92 Å². The van der Waals surface area contributed by atoms with Crippen molar-refractivity contribution in [2.75, 3.05) is 27.3 Å². The van der Waals surface area contributed by atoms with Crippen molar-refractivity contribution in [3.8, 4) is 11.5 Å². The highest BCUT2D eigenvalue weighted by Crippen LogP contribution is 2.43. The number of methoxy groups -OCH3 is 2. The summed E-state index contributed by atoms with van der Waals surface area (Å²) in [6.45, 7) is 4.04. The molecule has 1 aliphatic heterocycles. The molecule has 4 heteroatoms. The maximum Gasteiger partial charge on any atom is 0.165 e. The van der Waals surface area contributed by atoms with Crippen molar-refractivity contribution in [1.82, 2.24) is 5.32 Å². The summed E-state index contributed by atoms with van der Waals surface area (Å²) in [5, 5.41) is 4.12. The third-order valence-corrected chi connectivity index (χ3v) is 4.03. The first-order valence-corrected chi connectivity index (χ1v) is 6.68. The van der Waals surface area contributed by atoms with Gasteiger partial charge in [0, 0.05) is 16.1 Å². The monoisotopic (exact) mass is 269 g/mol. The van der Waals surface area contributed by atoms with E-state index in [2.05, 4.69) is 5.32 Å². The van der Waals surface area contributed by atoms with E-state index in [9.17, 15) is 0 Å². The highest BCUT2D eigenvalue weighted by molar-refractivity contribution is 6.31. The lowest BCUT2D eigenvalue weighted by Crippen LogP contribution is -2.26. The van der Waals surface area contributed by atoms with Crippen LogP contribution in [0.4, 0.5) is 0 Å². The van der Waals surface area contributed by atoms with Crippen LogP contribution in [0.1, 0.15) is 29.9 Å². The first kappa shape index (κ1) is 13.5. The minimum absolute atomic E-state index is 0.494. The largest absolute Gasteiger partial charge is 0.493 e. The quantitative estimate of drug-likeness (QED) is 0.915. The van der Waals surface area contributed by atoms with Gasteiger partial charge in [0.05, 0.1) is 14.2 Å². The second-order valence-electron chi connectivity index (χ2n) is 4.66. The predicted octanol–water partition coefficient (Wildman–Crippen LogP) is 3.13. The summed E-state index contributed by atoms with van der Waals surface area (Å²) in [5.41, 5.74) is 2.11. The number of halogens is 1. The number of piperidine rings is 1. The molecule has 1 heterocycles. The SMILES string of the molecule is COc1c(C2CCNCC2)cc(Cl)c(C)c1OC. The molecular weight excluding hydrogens is 250 g/mol. The second kappa shape index (κ2) is 5.81. The molecule has 2 rings (SSSR count). The van der Waals surface area contributed by atoms with Gasteiger partial charge in [0.1, 0.15) is 0 Å². The van der Waals surface area contributed by atoms with Crippen molar-refractivity contribution in [3.63, 3.8) is 0 Å². The van der Waals surface area contributed by atoms with E-state index < -0.39 is 0 Å². The first-order chi connectivity index (χ1) is 8.69. The maximum atomic E-state index is 6.29. The average Bonchev–Trinajstić information content (AvgIpc) is 2.42. The predicted molar refractivity (Wildman–Crippen MR) is 74.1 cm³/mol. The van der Waals surface area contributed by atoms with Gasteiger partial charge < -0.3 is 14.8 Å². The summed E-state index contributed by atoms with van der Waals surface area (Å²) >= 11 is 6.29. The fraction of sp³-hybridized carbons (Fsp3) is 0.571. The van der Waals surface area contributed by atoms with Crippen LogP contribution in [0.2, 0.25) is 5.02 Å². The molecule has 1 saturated heterocycles. The molecule has 0 unspecified atom stereocenters. The Morgan fingerprint density at radius 3 is 2.33 bits per heavy atom. The van der Waals surface area contributed by atoms with Gasteiger partial charge in [0.2, 0.25) is 0 Å². The number of hydrogen-bond donors (Lipinski definition) is 1. The van der Waals surface area contributed by atoms with Gasteiger partial charge in [0.25, 0.3) is 0 Å². The molecule has 0 radical (unpaired) electrons. The topological polar surface area (TPSA) is 30.5 Å². The van der Waals surface area contributed by atoms with Crippen LogP contribution in [0.15, 0.2) is 6.07 Å². The molecule has 0 aromatic heterocycles. The molecule has 100 valence electrons. The number of hydrogen-bond acceptors (Lipinski definition) is 3. The number of rotatable bonds is 3. The summed E-state index contributed by atoms with van der Waals surface area (Å²) in [5.74, 6) is 2.10. The highest BCUT2D eigenvalue weighted by Gasteiger charge is 2.24. The molecule has 3 nitrogen and oxygen atoms in total. The zero-order chi connectivity index (χ0) is 13.1. The van der Waals surface area contributed by atoms with Crippen LogP contribution in [0.3, 0.4) is 0 Å². The average molecular weight is 270 g/mol. The normalized spacial score (nSPS) is 16.7. The third-order valence-electron chi connectivity index (χ3n) is 3.64. The maximum absolute atomic E-state index is 6.29. The molecule has 0 amide bonds. The Hall–Kier alpha value is -0.930. The van der Waals surface area contributed by atoms with Crippen molar-refractivity contribution in [2.24, 2.45) is 0 Å². The van der Waals surface area contributed by atoms with E-state index in [1.54, 1.807) is 14.2 Å². The smallest absolute Gasteiger partial charge is 0.165 e.